The second kappa shape index (κ2) is 6.09. The zero-order valence-corrected chi connectivity index (χ0v) is 15.0. The molecule has 0 radical (unpaired) electrons. The van der Waals surface area contributed by atoms with Crippen LogP contribution in [0.5, 0.6) is 5.75 Å². The Balaban J connectivity index is 1.32. The molecule has 3 aliphatic heterocycles. The van der Waals surface area contributed by atoms with Crippen molar-refractivity contribution in [3.8, 4) is 11.4 Å². The normalized spacial score (nSPS) is 27.8. The van der Waals surface area contributed by atoms with Crippen molar-refractivity contribution in [2.24, 2.45) is 9.81 Å². The van der Waals surface area contributed by atoms with E-state index in [0.717, 1.165) is 36.4 Å². The fourth-order valence-electron chi connectivity index (χ4n) is 4.40. The third kappa shape index (κ3) is 2.63. The Morgan fingerprint density at radius 2 is 2.04 bits per heavy atom. The third-order valence-corrected chi connectivity index (χ3v) is 6.46. The first kappa shape index (κ1) is 15.3. The van der Waals surface area contributed by atoms with Crippen molar-refractivity contribution >= 4 is 17.8 Å². The van der Waals surface area contributed by atoms with Crippen LogP contribution in [0.2, 0.25) is 0 Å². The topological polar surface area (TPSA) is 42.6 Å². The summed E-state index contributed by atoms with van der Waals surface area (Å²) in [7, 11) is 0. The second-order valence-electron chi connectivity index (χ2n) is 7.19. The van der Waals surface area contributed by atoms with Gasteiger partial charge in [0, 0.05) is 30.7 Å². The number of nitrogens with zero attached hydrogens (tertiary/aromatic N) is 4. The Morgan fingerprint density at radius 3 is 2.80 bits per heavy atom. The Labute approximate surface area is 152 Å². The number of benzene rings is 1. The van der Waals surface area contributed by atoms with E-state index in [1.165, 1.54) is 31.5 Å². The zero-order chi connectivity index (χ0) is 16.7. The molecule has 0 N–H and O–H groups in total. The van der Waals surface area contributed by atoms with Crippen LogP contribution < -0.4 is 4.74 Å². The van der Waals surface area contributed by atoms with Gasteiger partial charge >= 0.3 is 0 Å². The van der Waals surface area contributed by atoms with Crippen LogP contribution in [0, 0.1) is 5.41 Å². The van der Waals surface area contributed by atoms with Gasteiger partial charge in [0.1, 0.15) is 18.2 Å². The lowest BCUT2D eigenvalue weighted by atomic mass is 9.67. The number of amidine groups is 1. The summed E-state index contributed by atoms with van der Waals surface area (Å²) in [6, 6.07) is 10.8. The molecule has 5 nitrogen and oxygen atoms in total. The predicted molar refractivity (Wildman–Crippen MR) is 100 cm³/mol. The van der Waals surface area contributed by atoms with Crippen LogP contribution in [0.1, 0.15) is 25.7 Å². The van der Waals surface area contributed by atoms with Crippen molar-refractivity contribution in [3.05, 3.63) is 42.7 Å². The minimum absolute atomic E-state index is 0.114. The molecule has 2 saturated heterocycles. The maximum absolute atomic E-state index is 6.24. The fraction of sp³-hybridized carbons (Fsp3) is 0.474. The maximum Gasteiger partial charge on any atom is 0.122 e. The molecular formula is C19H22N4OS. The SMILES string of the molecule is c1cnn(-c2ccc(OCC34CCC(CC3)N3CCSN=C34)cc2)c1. The summed E-state index contributed by atoms with van der Waals surface area (Å²) in [5, 5.41) is 4.26. The molecule has 4 aliphatic rings. The van der Waals surface area contributed by atoms with E-state index in [0.29, 0.717) is 0 Å². The van der Waals surface area contributed by atoms with Crippen LogP contribution in [0.3, 0.4) is 0 Å². The van der Waals surface area contributed by atoms with Gasteiger partial charge in [-0.3, -0.25) is 0 Å². The highest BCUT2D eigenvalue weighted by Gasteiger charge is 2.51. The molecule has 25 heavy (non-hydrogen) atoms. The highest BCUT2D eigenvalue weighted by Crippen LogP contribution is 2.48. The molecule has 6 heteroatoms. The molecular weight excluding hydrogens is 332 g/mol. The van der Waals surface area contributed by atoms with Crippen LogP contribution in [-0.4, -0.2) is 45.5 Å². The van der Waals surface area contributed by atoms with E-state index in [9.17, 15) is 0 Å². The van der Waals surface area contributed by atoms with Crippen LogP contribution in [0.15, 0.2) is 47.1 Å². The van der Waals surface area contributed by atoms with Gasteiger partial charge in [0.05, 0.1) is 11.1 Å². The monoisotopic (exact) mass is 354 g/mol. The van der Waals surface area contributed by atoms with E-state index in [1.54, 1.807) is 18.1 Å². The molecule has 4 heterocycles. The van der Waals surface area contributed by atoms with E-state index in [-0.39, 0.29) is 5.41 Å². The summed E-state index contributed by atoms with van der Waals surface area (Å²) in [6.45, 7) is 1.88. The van der Waals surface area contributed by atoms with E-state index >= 15 is 0 Å². The van der Waals surface area contributed by atoms with Crippen LogP contribution in [0.25, 0.3) is 5.69 Å². The third-order valence-electron chi connectivity index (χ3n) is 5.79. The summed E-state index contributed by atoms with van der Waals surface area (Å²) in [6.07, 6.45) is 8.72. The highest BCUT2D eigenvalue weighted by molar-refractivity contribution is 7.98. The largest absolute Gasteiger partial charge is 0.493 e. The van der Waals surface area contributed by atoms with Gasteiger partial charge in [-0.15, -0.1) is 0 Å². The van der Waals surface area contributed by atoms with Gasteiger partial charge in [0.25, 0.3) is 0 Å². The average molecular weight is 354 g/mol. The Bertz CT molecular complexity index is 763. The molecule has 6 rings (SSSR count). The van der Waals surface area contributed by atoms with Crippen LogP contribution >= 0.6 is 11.9 Å². The molecule has 3 fully saturated rings. The quantitative estimate of drug-likeness (QED) is 0.788. The molecule has 130 valence electrons. The zero-order valence-electron chi connectivity index (χ0n) is 14.2. The van der Waals surface area contributed by atoms with Gasteiger partial charge in [-0.05, 0) is 68.0 Å². The van der Waals surface area contributed by atoms with E-state index in [2.05, 4.69) is 22.1 Å². The summed E-state index contributed by atoms with van der Waals surface area (Å²) >= 11 is 1.72. The second-order valence-corrected chi connectivity index (χ2v) is 8.04. The molecule has 1 aliphatic carbocycles. The fourth-order valence-corrected chi connectivity index (χ4v) is 5.19. The van der Waals surface area contributed by atoms with Crippen molar-refractivity contribution < 1.29 is 4.74 Å². The molecule has 0 spiro atoms. The number of rotatable bonds is 4. The standard InChI is InChI=1S/C19H22N4OS/c1-10-20-23(11-1)16-2-4-17(5-3-16)24-14-19-8-6-15(7-9-19)22-12-13-25-21-18(19)22/h1-5,10-11,15H,6-9,12-14H2. The Morgan fingerprint density at radius 1 is 1.20 bits per heavy atom. The van der Waals surface area contributed by atoms with Gasteiger partial charge < -0.3 is 9.64 Å². The first-order chi connectivity index (χ1) is 12.3. The van der Waals surface area contributed by atoms with Gasteiger partial charge in [-0.2, -0.15) is 5.10 Å². The number of fused-ring (bicyclic) bond motifs is 2. The first-order valence-corrected chi connectivity index (χ1v) is 9.98. The maximum atomic E-state index is 6.24. The summed E-state index contributed by atoms with van der Waals surface area (Å²) in [4.78, 5) is 2.56. The van der Waals surface area contributed by atoms with E-state index < -0.39 is 0 Å². The van der Waals surface area contributed by atoms with Gasteiger partial charge in [-0.1, -0.05) is 0 Å². The molecule has 1 aromatic heterocycles. The number of piperidine rings is 2. The lowest BCUT2D eigenvalue weighted by Crippen LogP contribution is -2.61. The molecule has 2 bridgehead atoms. The van der Waals surface area contributed by atoms with E-state index in [4.69, 9.17) is 9.13 Å². The van der Waals surface area contributed by atoms with Crippen LogP contribution in [0.4, 0.5) is 0 Å². The minimum Gasteiger partial charge on any atom is -0.493 e. The molecule has 2 aromatic rings. The lowest BCUT2D eigenvalue weighted by molar-refractivity contribution is 0.0662. The average Bonchev–Trinajstić information content (AvgIpc) is 3.23. The van der Waals surface area contributed by atoms with Crippen LogP contribution in [-0.2, 0) is 0 Å². The van der Waals surface area contributed by atoms with Crippen molar-refractivity contribution in [2.45, 2.75) is 31.7 Å². The Hall–Kier alpha value is -1.95. The first-order valence-electron chi connectivity index (χ1n) is 9.04. The van der Waals surface area contributed by atoms with Gasteiger partial charge in [0.2, 0.25) is 0 Å². The summed E-state index contributed by atoms with van der Waals surface area (Å²) in [5.74, 6) is 3.35. The molecule has 0 amide bonds. The van der Waals surface area contributed by atoms with E-state index in [1.807, 2.05) is 29.1 Å². The van der Waals surface area contributed by atoms with Crippen molar-refractivity contribution in [2.75, 3.05) is 18.9 Å². The molecule has 1 aromatic carbocycles. The van der Waals surface area contributed by atoms with Gasteiger partial charge in [-0.25, -0.2) is 9.08 Å². The molecule has 0 atom stereocenters. The predicted octanol–water partition coefficient (Wildman–Crippen LogP) is 3.56. The molecule has 1 saturated carbocycles. The smallest absolute Gasteiger partial charge is 0.122 e. The molecule has 0 unspecified atom stereocenters. The number of aromatic nitrogens is 2. The minimum atomic E-state index is 0.114. The van der Waals surface area contributed by atoms with Gasteiger partial charge in [0.15, 0.2) is 0 Å². The van der Waals surface area contributed by atoms with Crippen molar-refractivity contribution in [3.63, 3.8) is 0 Å². The summed E-state index contributed by atoms with van der Waals surface area (Å²) in [5.41, 5.74) is 1.16. The summed E-state index contributed by atoms with van der Waals surface area (Å²) < 4.78 is 12.9. The van der Waals surface area contributed by atoms with Crippen molar-refractivity contribution in [1.29, 1.82) is 0 Å². The van der Waals surface area contributed by atoms with Crippen molar-refractivity contribution in [1.82, 2.24) is 14.7 Å². The number of hydrogen-bond acceptors (Lipinski definition) is 5. The lowest BCUT2D eigenvalue weighted by Gasteiger charge is -2.55. The number of ether oxygens (including phenoxy) is 1. The Kier molecular flexibility index (Phi) is 3.73. The highest BCUT2D eigenvalue weighted by atomic mass is 32.2. The number of hydrogen-bond donors (Lipinski definition) is 0.